The minimum atomic E-state index is -4.23. The van der Waals surface area contributed by atoms with Gasteiger partial charge in [0.15, 0.2) is 14.7 Å². The number of aromatic hydroxyl groups is 1. The molecular formula is C24H29N3O6S. The Bertz CT molecular complexity index is 1380. The van der Waals surface area contributed by atoms with Crippen LogP contribution in [-0.4, -0.2) is 49.6 Å². The van der Waals surface area contributed by atoms with Gasteiger partial charge in [0.25, 0.3) is 5.56 Å². The molecule has 2 N–H and O–H groups in total. The van der Waals surface area contributed by atoms with Crippen molar-refractivity contribution >= 4 is 38.2 Å². The minimum absolute atomic E-state index is 0.241. The third-order valence-corrected chi connectivity index (χ3v) is 7.40. The molecule has 1 amide bonds. The van der Waals surface area contributed by atoms with Crippen molar-refractivity contribution in [1.82, 2.24) is 4.57 Å². The van der Waals surface area contributed by atoms with Crippen LogP contribution < -0.4 is 15.8 Å². The van der Waals surface area contributed by atoms with Gasteiger partial charge in [0.2, 0.25) is 0 Å². The lowest BCUT2D eigenvalue weighted by Gasteiger charge is -2.22. The highest BCUT2D eigenvalue weighted by Gasteiger charge is 2.27. The average Bonchev–Trinajstić information content (AvgIpc) is 2.80. The fourth-order valence-electron chi connectivity index (χ4n) is 3.80. The van der Waals surface area contributed by atoms with E-state index in [1.54, 1.807) is 24.3 Å². The number of sulfone groups is 1. The van der Waals surface area contributed by atoms with Gasteiger partial charge in [-0.3, -0.25) is 10.1 Å². The third kappa shape index (κ3) is 5.01. The van der Waals surface area contributed by atoms with E-state index in [9.17, 15) is 23.1 Å². The molecule has 3 aromatic rings. The standard InChI is InChI=1S/C24H29N3O6S/c1-5-27(6-2)17-11-12-19(16(3)15-17)25-24(30)33-13-14-34(31,32)22-21(28)18-9-7-8-10-20(18)26(4)23(22)29/h7-12,15,28H,5-6,13-14H2,1-4H3,(H,25,30). The molecule has 0 bridgehead atoms. The zero-order valence-corrected chi connectivity index (χ0v) is 20.5. The highest BCUT2D eigenvalue weighted by molar-refractivity contribution is 7.91. The van der Waals surface area contributed by atoms with E-state index >= 15 is 0 Å². The monoisotopic (exact) mass is 487 g/mol. The lowest BCUT2D eigenvalue weighted by Crippen LogP contribution is -2.27. The smallest absolute Gasteiger partial charge is 0.411 e. The summed E-state index contributed by atoms with van der Waals surface area (Å²) in [5.74, 6) is -1.26. The van der Waals surface area contributed by atoms with Crippen LogP contribution in [0.4, 0.5) is 16.2 Å². The molecule has 2 aromatic carbocycles. The van der Waals surface area contributed by atoms with E-state index in [0.29, 0.717) is 11.2 Å². The summed E-state index contributed by atoms with van der Waals surface area (Å²) in [6, 6.07) is 12.0. The number of carbonyl (C=O) groups excluding carboxylic acids is 1. The Kier molecular flexibility index (Phi) is 7.51. The second kappa shape index (κ2) is 10.2. The molecule has 0 fully saturated rings. The molecule has 0 aliphatic carbocycles. The maximum absolute atomic E-state index is 12.8. The molecule has 0 radical (unpaired) electrons. The summed E-state index contributed by atoms with van der Waals surface area (Å²) < 4.78 is 31.9. The molecule has 0 atom stereocenters. The number of para-hydroxylation sites is 1. The fourth-order valence-corrected chi connectivity index (χ4v) is 5.11. The molecular weight excluding hydrogens is 458 g/mol. The van der Waals surface area contributed by atoms with Gasteiger partial charge in [-0.15, -0.1) is 0 Å². The number of aryl methyl sites for hydroxylation is 2. The number of hydrogen-bond acceptors (Lipinski definition) is 7. The van der Waals surface area contributed by atoms with Crippen LogP contribution >= 0.6 is 0 Å². The van der Waals surface area contributed by atoms with Crippen molar-refractivity contribution in [3.8, 4) is 5.75 Å². The van der Waals surface area contributed by atoms with Gasteiger partial charge < -0.3 is 19.3 Å². The first-order valence-corrected chi connectivity index (χ1v) is 12.6. The summed E-state index contributed by atoms with van der Waals surface area (Å²) in [5, 5.41) is 13.4. The van der Waals surface area contributed by atoms with Crippen molar-refractivity contribution in [2.45, 2.75) is 25.7 Å². The normalized spacial score (nSPS) is 11.4. The highest BCUT2D eigenvalue weighted by Crippen LogP contribution is 2.29. The summed E-state index contributed by atoms with van der Waals surface area (Å²) in [4.78, 5) is 26.3. The van der Waals surface area contributed by atoms with Crippen LogP contribution in [0.1, 0.15) is 19.4 Å². The molecule has 0 saturated carbocycles. The second-order valence-corrected chi connectivity index (χ2v) is 9.86. The third-order valence-electron chi connectivity index (χ3n) is 5.71. The Morgan fingerprint density at radius 3 is 2.47 bits per heavy atom. The number of nitrogens with one attached hydrogen (secondary N) is 1. The first-order valence-electron chi connectivity index (χ1n) is 10.9. The Labute approximate surface area is 198 Å². The molecule has 1 aromatic heterocycles. The van der Waals surface area contributed by atoms with Crippen molar-refractivity contribution in [3.63, 3.8) is 0 Å². The Morgan fingerprint density at radius 1 is 1.15 bits per heavy atom. The molecule has 9 nitrogen and oxygen atoms in total. The summed E-state index contributed by atoms with van der Waals surface area (Å²) in [6.07, 6.45) is -0.815. The zero-order valence-electron chi connectivity index (χ0n) is 19.7. The van der Waals surface area contributed by atoms with E-state index in [4.69, 9.17) is 4.74 Å². The molecule has 0 aliphatic heterocycles. The molecule has 0 spiro atoms. The minimum Gasteiger partial charge on any atom is -0.506 e. The fraction of sp³-hybridized carbons (Fsp3) is 0.333. The number of hydrogen-bond donors (Lipinski definition) is 2. The summed E-state index contributed by atoms with van der Waals surface area (Å²) >= 11 is 0. The summed E-state index contributed by atoms with van der Waals surface area (Å²) in [7, 11) is -2.80. The Balaban J connectivity index is 1.70. The molecule has 0 aliphatic rings. The largest absolute Gasteiger partial charge is 0.506 e. The topological polar surface area (TPSA) is 118 Å². The first-order chi connectivity index (χ1) is 16.1. The van der Waals surface area contributed by atoms with Gasteiger partial charge in [-0.1, -0.05) is 12.1 Å². The maximum atomic E-state index is 12.8. The van der Waals surface area contributed by atoms with E-state index in [0.717, 1.165) is 24.3 Å². The molecule has 0 saturated heterocycles. The van der Waals surface area contributed by atoms with Gasteiger partial charge in [0.1, 0.15) is 12.4 Å². The van der Waals surface area contributed by atoms with Crippen molar-refractivity contribution in [2.75, 3.05) is 35.7 Å². The number of fused-ring (bicyclic) bond motifs is 1. The number of anilines is 2. The second-order valence-electron chi connectivity index (χ2n) is 7.81. The predicted molar refractivity (Wildman–Crippen MR) is 133 cm³/mol. The number of benzene rings is 2. The van der Waals surface area contributed by atoms with E-state index in [1.807, 2.05) is 19.1 Å². The van der Waals surface area contributed by atoms with Gasteiger partial charge in [-0.25, -0.2) is 13.2 Å². The Morgan fingerprint density at radius 2 is 1.82 bits per heavy atom. The van der Waals surface area contributed by atoms with Crippen molar-refractivity contribution < 1.29 is 23.1 Å². The zero-order chi connectivity index (χ0) is 25.0. The van der Waals surface area contributed by atoms with Crippen LogP contribution in [0, 0.1) is 6.92 Å². The number of carbonyl (C=O) groups is 1. The first kappa shape index (κ1) is 25.1. The van der Waals surface area contributed by atoms with Gasteiger partial charge in [-0.05, 0) is 56.7 Å². The number of aromatic nitrogens is 1. The van der Waals surface area contributed by atoms with Crippen LogP contribution in [0.15, 0.2) is 52.2 Å². The Hall–Kier alpha value is -3.53. The predicted octanol–water partition coefficient (Wildman–Crippen LogP) is 3.42. The number of rotatable bonds is 8. The quantitative estimate of drug-likeness (QED) is 0.500. The van der Waals surface area contributed by atoms with Gasteiger partial charge in [0.05, 0.1) is 11.3 Å². The van der Waals surface area contributed by atoms with Crippen LogP contribution in [0.5, 0.6) is 5.75 Å². The molecule has 1 heterocycles. The summed E-state index contributed by atoms with van der Waals surface area (Å²) in [6.45, 7) is 7.20. The van der Waals surface area contributed by atoms with Gasteiger partial charge in [0, 0.05) is 36.9 Å². The van der Waals surface area contributed by atoms with Crippen molar-refractivity contribution in [3.05, 3.63) is 58.4 Å². The van der Waals surface area contributed by atoms with Crippen LogP contribution in [-0.2, 0) is 21.6 Å². The maximum Gasteiger partial charge on any atom is 0.411 e. The SMILES string of the molecule is CCN(CC)c1ccc(NC(=O)OCCS(=O)(=O)c2c(O)c3ccccc3n(C)c2=O)c(C)c1. The molecule has 10 heteroatoms. The molecule has 0 unspecified atom stereocenters. The number of nitrogens with zero attached hydrogens (tertiary/aromatic N) is 2. The number of ether oxygens (including phenoxy) is 1. The lowest BCUT2D eigenvalue weighted by molar-refractivity contribution is 0.168. The van der Waals surface area contributed by atoms with E-state index in [1.165, 1.54) is 17.7 Å². The molecule has 182 valence electrons. The van der Waals surface area contributed by atoms with E-state index < -0.39 is 44.5 Å². The van der Waals surface area contributed by atoms with Crippen LogP contribution in [0.2, 0.25) is 0 Å². The summed E-state index contributed by atoms with van der Waals surface area (Å²) in [5.41, 5.74) is 1.97. The van der Waals surface area contributed by atoms with E-state index in [-0.39, 0.29) is 5.39 Å². The van der Waals surface area contributed by atoms with Crippen LogP contribution in [0.25, 0.3) is 10.9 Å². The average molecular weight is 488 g/mol. The molecule has 3 rings (SSSR count). The lowest BCUT2D eigenvalue weighted by atomic mass is 10.1. The van der Waals surface area contributed by atoms with Crippen molar-refractivity contribution in [1.29, 1.82) is 0 Å². The number of amides is 1. The van der Waals surface area contributed by atoms with Crippen molar-refractivity contribution in [2.24, 2.45) is 7.05 Å². The highest BCUT2D eigenvalue weighted by atomic mass is 32.2. The van der Waals surface area contributed by atoms with Gasteiger partial charge in [-0.2, -0.15) is 0 Å². The van der Waals surface area contributed by atoms with Gasteiger partial charge >= 0.3 is 6.09 Å². The molecule has 34 heavy (non-hydrogen) atoms. The van der Waals surface area contributed by atoms with Crippen LogP contribution in [0.3, 0.4) is 0 Å². The number of pyridine rings is 1. The van der Waals surface area contributed by atoms with E-state index in [2.05, 4.69) is 24.1 Å².